The predicted molar refractivity (Wildman–Crippen MR) is 66.0 cm³/mol. The third kappa shape index (κ3) is 4.72. The Morgan fingerprint density at radius 3 is 2.75 bits per heavy atom. The van der Waals surface area contributed by atoms with E-state index in [9.17, 15) is 4.79 Å². The molecular formula is C11H21NO3S. The standard InChI is InChI=1S/C11H21NO3S/c1-11(15-7-10(13)14)8-12(9-11)5-3-4-6-16-2/h3-9H2,1-2H3,(H,13,14). The monoisotopic (exact) mass is 247 g/mol. The first-order chi connectivity index (χ1) is 7.56. The molecule has 1 aliphatic rings. The van der Waals surface area contributed by atoms with Gasteiger partial charge in [0.15, 0.2) is 0 Å². The Morgan fingerprint density at radius 1 is 1.50 bits per heavy atom. The molecule has 0 aromatic rings. The molecule has 0 aliphatic carbocycles. The molecular weight excluding hydrogens is 226 g/mol. The second-order valence-corrected chi connectivity index (χ2v) is 5.53. The number of hydrogen-bond acceptors (Lipinski definition) is 4. The van der Waals surface area contributed by atoms with Gasteiger partial charge in [0, 0.05) is 13.1 Å². The van der Waals surface area contributed by atoms with E-state index in [-0.39, 0.29) is 12.2 Å². The molecule has 16 heavy (non-hydrogen) atoms. The lowest BCUT2D eigenvalue weighted by Gasteiger charge is -2.47. The number of unbranched alkanes of at least 4 members (excludes halogenated alkanes) is 1. The summed E-state index contributed by atoms with van der Waals surface area (Å²) in [7, 11) is 0. The number of hydrogen-bond donors (Lipinski definition) is 1. The van der Waals surface area contributed by atoms with Gasteiger partial charge in [0.2, 0.25) is 0 Å². The first kappa shape index (κ1) is 13.8. The second-order valence-electron chi connectivity index (χ2n) is 4.54. The molecule has 1 rings (SSSR count). The number of nitrogens with zero attached hydrogens (tertiary/aromatic N) is 1. The molecule has 0 aromatic carbocycles. The van der Waals surface area contributed by atoms with E-state index >= 15 is 0 Å². The summed E-state index contributed by atoms with van der Waals surface area (Å²) < 4.78 is 5.34. The predicted octanol–water partition coefficient (Wildman–Crippen LogP) is 1.31. The van der Waals surface area contributed by atoms with Crippen molar-refractivity contribution >= 4 is 17.7 Å². The van der Waals surface area contributed by atoms with Crippen LogP contribution < -0.4 is 0 Å². The highest BCUT2D eigenvalue weighted by Crippen LogP contribution is 2.24. The van der Waals surface area contributed by atoms with Crippen LogP contribution in [0.15, 0.2) is 0 Å². The number of aliphatic carboxylic acids is 1. The van der Waals surface area contributed by atoms with Gasteiger partial charge in [0.25, 0.3) is 0 Å². The minimum absolute atomic E-state index is 0.184. The van der Waals surface area contributed by atoms with Crippen LogP contribution in [0.25, 0.3) is 0 Å². The fourth-order valence-electron chi connectivity index (χ4n) is 1.97. The maximum absolute atomic E-state index is 10.4. The lowest BCUT2D eigenvalue weighted by molar-refractivity contribution is -0.164. The zero-order chi connectivity index (χ0) is 12.0. The van der Waals surface area contributed by atoms with Crippen LogP contribution in [0.3, 0.4) is 0 Å². The molecule has 4 nitrogen and oxygen atoms in total. The summed E-state index contributed by atoms with van der Waals surface area (Å²) in [5, 5.41) is 8.52. The molecule has 0 bridgehead atoms. The highest BCUT2D eigenvalue weighted by Gasteiger charge is 2.39. The van der Waals surface area contributed by atoms with E-state index < -0.39 is 5.97 Å². The van der Waals surface area contributed by atoms with E-state index in [0.29, 0.717) is 0 Å². The molecule has 1 heterocycles. The lowest BCUT2D eigenvalue weighted by atomic mass is 9.96. The summed E-state index contributed by atoms with van der Waals surface area (Å²) >= 11 is 1.88. The minimum atomic E-state index is -0.889. The topological polar surface area (TPSA) is 49.8 Å². The van der Waals surface area contributed by atoms with Crippen LogP contribution in [0, 0.1) is 0 Å². The lowest BCUT2D eigenvalue weighted by Crippen LogP contribution is -2.61. The molecule has 1 N–H and O–H groups in total. The van der Waals surface area contributed by atoms with Crippen LogP contribution in [0.2, 0.25) is 0 Å². The highest BCUT2D eigenvalue weighted by molar-refractivity contribution is 7.98. The maximum atomic E-state index is 10.4. The average Bonchev–Trinajstić information content (AvgIpc) is 2.18. The van der Waals surface area contributed by atoms with Gasteiger partial charge in [-0.3, -0.25) is 4.90 Å². The van der Waals surface area contributed by atoms with Gasteiger partial charge in [-0.25, -0.2) is 4.79 Å². The van der Waals surface area contributed by atoms with Crippen LogP contribution in [-0.4, -0.2) is 59.8 Å². The summed E-state index contributed by atoms with van der Waals surface area (Å²) in [6.07, 6.45) is 4.60. The molecule has 0 unspecified atom stereocenters. The Kier molecular flexibility index (Phi) is 5.58. The Balaban J connectivity index is 2.04. The Morgan fingerprint density at radius 2 is 2.19 bits per heavy atom. The van der Waals surface area contributed by atoms with E-state index in [1.807, 2.05) is 18.7 Å². The van der Waals surface area contributed by atoms with E-state index in [0.717, 1.165) is 19.6 Å². The number of carboxylic acids is 1. The summed E-state index contributed by atoms with van der Waals surface area (Å²) in [4.78, 5) is 12.7. The van der Waals surface area contributed by atoms with Gasteiger partial charge >= 0.3 is 5.97 Å². The van der Waals surface area contributed by atoms with Crippen molar-refractivity contribution in [3.05, 3.63) is 0 Å². The van der Waals surface area contributed by atoms with Gasteiger partial charge in [-0.2, -0.15) is 11.8 Å². The van der Waals surface area contributed by atoms with Gasteiger partial charge in [0.1, 0.15) is 6.61 Å². The summed E-state index contributed by atoms with van der Waals surface area (Å²) in [6, 6.07) is 0. The molecule has 94 valence electrons. The van der Waals surface area contributed by atoms with Crippen LogP contribution in [-0.2, 0) is 9.53 Å². The first-order valence-corrected chi connectivity index (χ1v) is 7.02. The number of likely N-dealkylation sites (tertiary alicyclic amines) is 1. The first-order valence-electron chi connectivity index (χ1n) is 5.63. The number of carbonyl (C=O) groups is 1. The van der Waals surface area contributed by atoms with Gasteiger partial charge in [-0.1, -0.05) is 0 Å². The molecule has 0 radical (unpaired) electrons. The van der Waals surface area contributed by atoms with Crippen molar-refractivity contribution < 1.29 is 14.6 Å². The Hall–Kier alpha value is -0.260. The molecule has 1 fully saturated rings. The Labute approximate surface area is 101 Å². The molecule has 0 amide bonds. The van der Waals surface area contributed by atoms with Crippen LogP contribution >= 0.6 is 11.8 Å². The Bertz CT molecular complexity index is 229. The van der Waals surface area contributed by atoms with Crippen LogP contribution in [0.4, 0.5) is 0 Å². The molecule has 0 atom stereocenters. The third-order valence-corrected chi connectivity index (χ3v) is 3.43. The van der Waals surface area contributed by atoms with Crippen molar-refractivity contribution in [3.8, 4) is 0 Å². The van der Waals surface area contributed by atoms with Gasteiger partial charge in [-0.05, 0) is 38.3 Å². The molecule has 0 aromatic heterocycles. The summed E-state index contributed by atoms with van der Waals surface area (Å²) in [5.41, 5.74) is -0.238. The second kappa shape index (κ2) is 6.47. The number of carboxylic acid groups (broad SMARTS) is 1. The molecule has 5 heteroatoms. The zero-order valence-electron chi connectivity index (χ0n) is 10.1. The van der Waals surface area contributed by atoms with E-state index in [1.165, 1.54) is 18.6 Å². The normalized spacial score (nSPS) is 19.4. The fourth-order valence-corrected chi connectivity index (χ4v) is 2.46. The summed E-state index contributed by atoms with van der Waals surface area (Å²) in [5.74, 6) is 0.334. The minimum Gasteiger partial charge on any atom is -0.480 e. The quantitative estimate of drug-likeness (QED) is 0.655. The van der Waals surface area contributed by atoms with Crippen molar-refractivity contribution in [3.63, 3.8) is 0 Å². The largest absolute Gasteiger partial charge is 0.480 e. The van der Waals surface area contributed by atoms with Crippen molar-refractivity contribution in [2.75, 3.05) is 38.2 Å². The average molecular weight is 247 g/mol. The van der Waals surface area contributed by atoms with E-state index in [1.54, 1.807) is 0 Å². The van der Waals surface area contributed by atoms with Gasteiger partial charge in [-0.15, -0.1) is 0 Å². The van der Waals surface area contributed by atoms with E-state index in [4.69, 9.17) is 9.84 Å². The molecule has 1 aliphatic heterocycles. The van der Waals surface area contributed by atoms with Crippen molar-refractivity contribution in [1.82, 2.24) is 4.90 Å². The van der Waals surface area contributed by atoms with Crippen molar-refractivity contribution in [2.24, 2.45) is 0 Å². The fraction of sp³-hybridized carbons (Fsp3) is 0.909. The van der Waals surface area contributed by atoms with Crippen molar-refractivity contribution in [2.45, 2.75) is 25.4 Å². The third-order valence-electron chi connectivity index (χ3n) is 2.73. The maximum Gasteiger partial charge on any atom is 0.329 e. The summed E-state index contributed by atoms with van der Waals surface area (Å²) in [6.45, 7) is 4.62. The number of thioether (sulfide) groups is 1. The number of rotatable bonds is 8. The molecule has 1 saturated heterocycles. The molecule has 0 spiro atoms. The molecule has 0 saturated carbocycles. The number of ether oxygens (including phenoxy) is 1. The zero-order valence-corrected chi connectivity index (χ0v) is 10.9. The van der Waals surface area contributed by atoms with Gasteiger partial charge < -0.3 is 9.84 Å². The van der Waals surface area contributed by atoms with E-state index in [2.05, 4.69) is 11.2 Å². The highest BCUT2D eigenvalue weighted by atomic mass is 32.2. The van der Waals surface area contributed by atoms with Gasteiger partial charge in [0.05, 0.1) is 5.60 Å². The smallest absolute Gasteiger partial charge is 0.329 e. The van der Waals surface area contributed by atoms with Crippen molar-refractivity contribution in [1.29, 1.82) is 0 Å². The SMILES string of the molecule is CSCCCCN1CC(C)(OCC(=O)O)C1. The van der Waals surface area contributed by atoms with Crippen LogP contribution in [0.1, 0.15) is 19.8 Å². The van der Waals surface area contributed by atoms with Crippen LogP contribution in [0.5, 0.6) is 0 Å².